The van der Waals surface area contributed by atoms with Crippen LogP contribution in [-0.2, 0) is 0 Å². The first-order valence-corrected chi connectivity index (χ1v) is 8.13. The summed E-state index contributed by atoms with van der Waals surface area (Å²) in [6.07, 6.45) is 3.61. The molecule has 0 nitrogen and oxygen atoms in total. The van der Waals surface area contributed by atoms with Gasteiger partial charge in [0.05, 0.1) is 8.80 Å². The van der Waals surface area contributed by atoms with Crippen LogP contribution in [0.3, 0.4) is 0 Å². The van der Waals surface area contributed by atoms with E-state index < -0.39 is 8.80 Å². The maximum Gasteiger partial charge on any atom is 0.0650 e. The van der Waals surface area contributed by atoms with E-state index in [2.05, 4.69) is 46.9 Å². The van der Waals surface area contributed by atoms with Crippen molar-refractivity contribution >= 4 is 8.80 Å². The topological polar surface area (TPSA) is 0 Å². The molecule has 0 aliphatic heterocycles. The zero-order chi connectivity index (χ0) is 10.2. The normalized spacial score (nSPS) is 18.5. The average Bonchev–Trinajstić information content (AvgIpc) is 2.28. The third-order valence-electron chi connectivity index (χ3n) is 2.85. The minimum atomic E-state index is -0.627. The van der Waals surface area contributed by atoms with E-state index in [1.807, 2.05) is 0 Å². The Morgan fingerprint density at radius 3 is 2.08 bits per heavy atom. The van der Waals surface area contributed by atoms with Gasteiger partial charge in [-0.2, -0.15) is 0 Å². The second-order valence-electron chi connectivity index (χ2n) is 5.39. The summed E-state index contributed by atoms with van der Waals surface area (Å²) in [7, 11) is -0.627. The average molecular weight is 194 g/mol. The first kappa shape index (κ1) is 10.8. The highest BCUT2D eigenvalue weighted by molar-refractivity contribution is 6.65. The Morgan fingerprint density at radius 1 is 1.23 bits per heavy atom. The Kier molecular flexibility index (Phi) is 2.86. The predicted octanol–water partition coefficient (Wildman–Crippen LogP) is 3.71. The molecule has 0 aromatic rings. The van der Waals surface area contributed by atoms with Crippen molar-refractivity contribution in [2.75, 3.05) is 0 Å². The fraction of sp³-hybridized carbons (Fsp3) is 0.667. The molecule has 0 heterocycles. The van der Waals surface area contributed by atoms with Crippen molar-refractivity contribution in [3.63, 3.8) is 0 Å². The molecule has 0 aromatic carbocycles. The zero-order valence-electron chi connectivity index (χ0n) is 9.86. The molecule has 74 valence electrons. The third kappa shape index (κ3) is 2.14. The van der Waals surface area contributed by atoms with Crippen LogP contribution in [0, 0.1) is 5.41 Å². The van der Waals surface area contributed by atoms with Crippen LogP contribution >= 0.6 is 0 Å². The molecular weight excluding hydrogens is 172 g/mol. The summed E-state index contributed by atoms with van der Waals surface area (Å²) >= 11 is 0. The van der Waals surface area contributed by atoms with E-state index in [1.165, 1.54) is 6.42 Å². The molecule has 0 spiro atoms. The molecule has 0 radical (unpaired) electrons. The molecular formula is C12H22Si. The van der Waals surface area contributed by atoms with Crippen LogP contribution in [0.2, 0.25) is 13.1 Å². The lowest BCUT2D eigenvalue weighted by atomic mass is 9.86. The quantitative estimate of drug-likeness (QED) is 0.558. The lowest BCUT2D eigenvalue weighted by molar-refractivity contribution is 0.495. The van der Waals surface area contributed by atoms with Crippen LogP contribution < -0.4 is 0 Å². The van der Waals surface area contributed by atoms with E-state index in [0.29, 0.717) is 5.41 Å². The SMILES string of the molecule is CC1=CCC(C(C)(C)C)=C1[SiH](C)C. The van der Waals surface area contributed by atoms with Gasteiger partial charge in [-0.3, -0.25) is 0 Å². The molecule has 1 aliphatic carbocycles. The summed E-state index contributed by atoms with van der Waals surface area (Å²) in [5, 5.41) is 1.74. The van der Waals surface area contributed by atoms with Crippen molar-refractivity contribution in [1.82, 2.24) is 0 Å². The number of rotatable bonds is 1. The molecule has 1 aliphatic rings. The van der Waals surface area contributed by atoms with Crippen molar-refractivity contribution in [3.8, 4) is 0 Å². The monoisotopic (exact) mass is 194 g/mol. The summed E-state index contributed by atoms with van der Waals surface area (Å²) in [5.41, 5.74) is 3.64. The standard InChI is InChI=1S/C12H22Si/c1-9-7-8-10(12(2,3)4)11(9)13(5)6/h7,13H,8H2,1-6H3. The highest BCUT2D eigenvalue weighted by atomic mass is 28.3. The molecule has 13 heavy (non-hydrogen) atoms. The molecule has 0 N–H and O–H groups in total. The Balaban J connectivity index is 3.09. The smallest absolute Gasteiger partial charge is 0.0650 e. The van der Waals surface area contributed by atoms with Crippen LogP contribution in [0.15, 0.2) is 22.4 Å². The Labute approximate surface area is 84.3 Å². The van der Waals surface area contributed by atoms with Gasteiger partial charge in [-0.15, -0.1) is 0 Å². The van der Waals surface area contributed by atoms with Crippen LogP contribution in [0.1, 0.15) is 34.1 Å². The van der Waals surface area contributed by atoms with Gasteiger partial charge in [-0.1, -0.05) is 56.3 Å². The van der Waals surface area contributed by atoms with E-state index in [4.69, 9.17) is 0 Å². The first-order chi connectivity index (χ1) is 5.84. The van der Waals surface area contributed by atoms with Gasteiger partial charge in [0.25, 0.3) is 0 Å². The van der Waals surface area contributed by atoms with Gasteiger partial charge in [0.1, 0.15) is 0 Å². The van der Waals surface area contributed by atoms with Crippen molar-refractivity contribution in [1.29, 1.82) is 0 Å². The van der Waals surface area contributed by atoms with Crippen LogP contribution in [0.4, 0.5) is 0 Å². The van der Waals surface area contributed by atoms with Crippen LogP contribution in [0.25, 0.3) is 0 Å². The zero-order valence-corrected chi connectivity index (χ0v) is 11.0. The molecule has 0 atom stereocenters. The minimum Gasteiger partial charge on any atom is -0.0776 e. The maximum absolute atomic E-state index is 2.43. The maximum atomic E-state index is 2.43. The third-order valence-corrected chi connectivity index (χ3v) is 4.80. The Bertz CT molecular complexity index is 261. The minimum absolute atomic E-state index is 0.376. The lowest BCUT2D eigenvalue weighted by Crippen LogP contribution is -2.16. The largest absolute Gasteiger partial charge is 0.0776 e. The number of hydrogen-bond acceptors (Lipinski definition) is 0. The molecule has 0 bridgehead atoms. The van der Waals surface area contributed by atoms with Crippen molar-refractivity contribution < 1.29 is 0 Å². The molecule has 0 aromatic heterocycles. The molecule has 0 unspecified atom stereocenters. The Hall–Kier alpha value is -0.303. The van der Waals surface area contributed by atoms with Crippen molar-refractivity contribution in [3.05, 3.63) is 22.4 Å². The second kappa shape index (κ2) is 3.45. The molecule has 0 saturated heterocycles. The van der Waals surface area contributed by atoms with Gasteiger partial charge >= 0.3 is 0 Å². The van der Waals surface area contributed by atoms with Crippen LogP contribution in [-0.4, -0.2) is 8.80 Å². The van der Waals surface area contributed by atoms with Gasteiger partial charge < -0.3 is 0 Å². The van der Waals surface area contributed by atoms with E-state index in [-0.39, 0.29) is 0 Å². The summed E-state index contributed by atoms with van der Waals surface area (Å²) < 4.78 is 0. The molecule has 0 saturated carbocycles. The van der Waals surface area contributed by atoms with Gasteiger partial charge in [0, 0.05) is 0 Å². The summed E-state index contributed by atoms with van der Waals surface area (Å²) in [6.45, 7) is 14.2. The molecule has 1 rings (SSSR count). The second-order valence-corrected chi connectivity index (χ2v) is 8.27. The fourth-order valence-electron chi connectivity index (χ4n) is 2.23. The molecule has 0 fully saturated rings. The van der Waals surface area contributed by atoms with Gasteiger partial charge in [0.15, 0.2) is 0 Å². The van der Waals surface area contributed by atoms with Crippen molar-refractivity contribution in [2.24, 2.45) is 5.41 Å². The Morgan fingerprint density at radius 2 is 1.77 bits per heavy atom. The lowest BCUT2D eigenvalue weighted by Gasteiger charge is -2.24. The summed E-state index contributed by atoms with van der Waals surface area (Å²) in [4.78, 5) is 0. The predicted molar refractivity (Wildman–Crippen MR) is 63.7 cm³/mol. The van der Waals surface area contributed by atoms with Gasteiger partial charge in [-0.05, 0) is 18.8 Å². The van der Waals surface area contributed by atoms with E-state index in [9.17, 15) is 0 Å². The van der Waals surface area contributed by atoms with E-state index in [0.717, 1.165) is 0 Å². The van der Waals surface area contributed by atoms with Gasteiger partial charge in [0.2, 0.25) is 0 Å². The first-order valence-electron chi connectivity index (χ1n) is 5.24. The van der Waals surface area contributed by atoms with Gasteiger partial charge in [-0.25, -0.2) is 0 Å². The number of hydrogen-bond donors (Lipinski definition) is 0. The highest BCUT2D eigenvalue weighted by Gasteiger charge is 2.26. The fourth-order valence-corrected chi connectivity index (χ4v) is 4.50. The summed E-state index contributed by atoms with van der Waals surface area (Å²) in [5.74, 6) is 0. The number of allylic oxidation sites excluding steroid dienone is 4. The van der Waals surface area contributed by atoms with Crippen LogP contribution in [0.5, 0.6) is 0 Å². The molecule has 1 heteroatoms. The molecule has 0 amide bonds. The van der Waals surface area contributed by atoms with E-state index in [1.54, 1.807) is 16.3 Å². The van der Waals surface area contributed by atoms with Crippen molar-refractivity contribution in [2.45, 2.75) is 47.2 Å². The highest BCUT2D eigenvalue weighted by Crippen LogP contribution is 2.39. The van der Waals surface area contributed by atoms with E-state index >= 15 is 0 Å². The summed E-state index contributed by atoms with van der Waals surface area (Å²) in [6, 6.07) is 0.